The predicted octanol–water partition coefficient (Wildman–Crippen LogP) is 2.51. The highest BCUT2D eigenvalue weighted by Gasteiger charge is 2.34. The molecule has 0 saturated carbocycles. The zero-order valence-electron chi connectivity index (χ0n) is 10.6. The maximum atomic E-state index is 12.6. The van der Waals surface area contributed by atoms with Crippen LogP contribution in [0.15, 0.2) is 35.2 Å². The van der Waals surface area contributed by atoms with Crippen molar-refractivity contribution in [2.75, 3.05) is 6.26 Å². The van der Waals surface area contributed by atoms with Gasteiger partial charge in [0.2, 0.25) is 0 Å². The van der Waals surface area contributed by atoms with Gasteiger partial charge in [0.05, 0.1) is 10.6 Å². The lowest BCUT2D eigenvalue weighted by Gasteiger charge is -2.03. The summed E-state index contributed by atoms with van der Waals surface area (Å²) >= 11 is 0. The quantitative estimate of drug-likeness (QED) is 0.856. The summed E-state index contributed by atoms with van der Waals surface area (Å²) < 4.78 is 61.4. The molecule has 1 aromatic carbocycles. The number of alkyl halides is 3. The Hall–Kier alpha value is -1.83. The standard InChI is InChI=1S/C12H11F3N2O2S/c1-17-10(7-11(16-17)12(13,14)15)8-3-5-9(6-4-8)20(2,18)19/h3-7H,1-2H3. The fourth-order valence-corrected chi connectivity index (χ4v) is 2.38. The molecular formula is C12H11F3N2O2S. The van der Waals surface area contributed by atoms with Crippen molar-refractivity contribution in [1.82, 2.24) is 9.78 Å². The largest absolute Gasteiger partial charge is 0.435 e. The molecule has 1 aromatic heterocycles. The molecule has 0 aliphatic carbocycles. The van der Waals surface area contributed by atoms with Crippen LogP contribution in [0.5, 0.6) is 0 Å². The van der Waals surface area contributed by atoms with E-state index in [1.54, 1.807) is 0 Å². The van der Waals surface area contributed by atoms with Crippen LogP contribution >= 0.6 is 0 Å². The van der Waals surface area contributed by atoms with Crippen LogP contribution in [0.2, 0.25) is 0 Å². The van der Waals surface area contributed by atoms with Crippen LogP contribution in [0.3, 0.4) is 0 Å². The zero-order chi connectivity index (χ0) is 15.1. The fraction of sp³-hybridized carbons (Fsp3) is 0.250. The molecule has 0 aliphatic heterocycles. The number of sulfone groups is 1. The number of hydrogen-bond donors (Lipinski definition) is 0. The Bertz CT molecular complexity index is 731. The Kier molecular flexibility index (Phi) is 3.37. The van der Waals surface area contributed by atoms with E-state index in [0.29, 0.717) is 5.56 Å². The van der Waals surface area contributed by atoms with Gasteiger partial charge in [-0.1, -0.05) is 12.1 Å². The number of hydrogen-bond acceptors (Lipinski definition) is 3. The Labute approximate surface area is 113 Å². The molecule has 8 heteroatoms. The summed E-state index contributed by atoms with van der Waals surface area (Å²) in [4.78, 5) is 0.111. The van der Waals surface area contributed by atoms with Gasteiger partial charge in [-0.15, -0.1) is 0 Å². The molecular weight excluding hydrogens is 293 g/mol. The van der Waals surface area contributed by atoms with Gasteiger partial charge in [-0.25, -0.2) is 8.42 Å². The van der Waals surface area contributed by atoms with E-state index < -0.39 is 21.7 Å². The summed E-state index contributed by atoms with van der Waals surface area (Å²) in [5.74, 6) is 0. The SMILES string of the molecule is Cn1nc(C(F)(F)F)cc1-c1ccc(S(C)(=O)=O)cc1. The molecule has 0 saturated heterocycles. The second-order valence-electron chi connectivity index (χ2n) is 4.33. The molecule has 0 spiro atoms. The molecule has 20 heavy (non-hydrogen) atoms. The van der Waals surface area contributed by atoms with Gasteiger partial charge in [-0.05, 0) is 23.8 Å². The minimum Gasteiger partial charge on any atom is -0.267 e. The zero-order valence-corrected chi connectivity index (χ0v) is 11.5. The number of aryl methyl sites for hydroxylation is 1. The van der Waals surface area contributed by atoms with E-state index in [-0.39, 0.29) is 10.6 Å². The summed E-state index contributed by atoms with van der Waals surface area (Å²) in [6, 6.07) is 6.53. The Morgan fingerprint density at radius 3 is 2.10 bits per heavy atom. The predicted molar refractivity (Wildman–Crippen MR) is 66.8 cm³/mol. The van der Waals surface area contributed by atoms with Gasteiger partial charge in [0.15, 0.2) is 15.5 Å². The first-order valence-electron chi connectivity index (χ1n) is 5.51. The summed E-state index contributed by atoms with van der Waals surface area (Å²) in [5.41, 5.74) is -0.262. The molecule has 0 unspecified atom stereocenters. The number of nitrogens with zero attached hydrogens (tertiary/aromatic N) is 2. The summed E-state index contributed by atoms with van der Waals surface area (Å²) in [6.45, 7) is 0. The highest BCUT2D eigenvalue weighted by atomic mass is 32.2. The van der Waals surface area contributed by atoms with Crippen molar-refractivity contribution in [3.8, 4) is 11.3 Å². The maximum Gasteiger partial charge on any atom is 0.435 e. The first-order valence-corrected chi connectivity index (χ1v) is 7.40. The number of rotatable bonds is 2. The second-order valence-corrected chi connectivity index (χ2v) is 6.35. The van der Waals surface area contributed by atoms with Crippen LogP contribution < -0.4 is 0 Å². The van der Waals surface area contributed by atoms with E-state index in [4.69, 9.17) is 0 Å². The lowest BCUT2D eigenvalue weighted by molar-refractivity contribution is -0.141. The molecule has 2 aromatic rings. The maximum absolute atomic E-state index is 12.6. The average Bonchev–Trinajstić information content (AvgIpc) is 2.70. The van der Waals surface area contributed by atoms with Crippen molar-refractivity contribution in [3.63, 3.8) is 0 Å². The Morgan fingerprint density at radius 1 is 1.15 bits per heavy atom. The van der Waals surface area contributed by atoms with Crippen LogP contribution in [0.25, 0.3) is 11.3 Å². The van der Waals surface area contributed by atoms with E-state index in [0.717, 1.165) is 17.0 Å². The third-order valence-corrected chi connectivity index (χ3v) is 3.88. The molecule has 4 nitrogen and oxygen atoms in total. The van der Waals surface area contributed by atoms with Gasteiger partial charge in [0.1, 0.15) is 0 Å². The van der Waals surface area contributed by atoms with Crippen molar-refractivity contribution in [2.24, 2.45) is 7.05 Å². The first-order chi connectivity index (χ1) is 9.09. The van der Waals surface area contributed by atoms with E-state index in [9.17, 15) is 21.6 Å². The highest BCUT2D eigenvalue weighted by Crippen LogP contribution is 2.31. The summed E-state index contributed by atoms with van der Waals surface area (Å²) in [6.07, 6.45) is -3.45. The first kappa shape index (κ1) is 14.6. The van der Waals surface area contributed by atoms with E-state index in [1.807, 2.05) is 0 Å². The molecule has 0 fully saturated rings. The highest BCUT2D eigenvalue weighted by molar-refractivity contribution is 7.90. The minimum atomic E-state index is -4.51. The van der Waals surface area contributed by atoms with Gasteiger partial charge in [0.25, 0.3) is 0 Å². The monoisotopic (exact) mass is 304 g/mol. The number of halogens is 3. The van der Waals surface area contributed by atoms with Crippen molar-refractivity contribution < 1.29 is 21.6 Å². The molecule has 1 heterocycles. The van der Waals surface area contributed by atoms with Crippen LogP contribution in [0, 0.1) is 0 Å². The van der Waals surface area contributed by atoms with Crippen LogP contribution in [0.1, 0.15) is 5.69 Å². The van der Waals surface area contributed by atoms with Gasteiger partial charge < -0.3 is 0 Å². The second kappa shape index (κ2) is 4.62. The fourth-order valence-electron chi connectivity index (χ4n) is 1.75. The van der Waals surface area contributed by atoms with Crippen LogP contribution in [0.4, 0.5) is 13.2 Å². The molecule has 0 atom stereocenters. The normalized spacial score (nSPS) is 12.7. The molecule has 2 rings (SSSR count). The molecule has 0 aliphatic rings. The molecule has 108 valence electrons. The summed E-state index contributed by atoms with van der Waals surface area (Å²) in [7, 11) is -1.93. The smallest absolute Gasteiger partial charge is 0.267 e. The Morgan fingerprint density at radius 2 is 1.70 bits per heavy atom. The van der Waals surface area contributed by atoms with Crippen LogP contribution in [-0.2, 0) is 23.1 Å². The molecule has 0 amide bonds. The van der Waals surface area contributed by atoms with Crippen molar-refractivity contribution in [2.45, 2.75) is 11.1 Å². The lowest BCUT2D eigenvalue weighted by Crippen LogP contribution is -2.06. The van der Waals surface area contributed by atoms with Crippen molar-refractivity contribution >= 4 is 9.84 Å². The average molecular weight is 304 g/mol. The summed E-state index contributed by atoms with van der Waals surface area (Å²) in [5, 5.41) is 3.40. The van der Waals surface area contributed by atoms with Crippen LogP contribution in [-0.4, -0.2) is 24.5 Å². The molecule has 0 radical (unpaired) electrons. The van der Waals surface area contributed by atoms with Gasteiger partial charge in [-0.2, -0.15) is 18.3 Å². The lowest BCUT2D eigenvalue weighted by atomic mass is 10.1. The van der Waals surface area contributed by atoms with E-state index in [2.05, 4.69) is 5.10 Å². The Balaban J connectivity index is 2.45. The third kappa shape index (κ3) is 2.84. The molecule has 0 bridgehead atoms. The van der Waals surface area contributed by atoms with Gasteiger partial charge in [0, 0.05) is 13.3 Å². The van der Waals surface area contributed by atoms with Gasteiger partial charge in [-0.3, -0.25) is 4.68 Å². The topological polar surface area (TPSA) is 52.0 Å². The number of aromatic nitrogens is 2. The minimum absolute atomic E-state index is 0.111. The van der Waals surface area contributed by atoms with E-state index in [1.165, 1.54) is 31.3 Å². The van der Waals surface area contributed by atoms with Gasteiger partial charge >= 0.3 is 6.18 Å². The third-order valence-electron chi connectivity index (χ3n) is 2.75. The number of benzene rings is 1. The molecule has 0 N–H and O–H groups in total. The van der Waals surface area contributed by atoms with Crippen molar-refractivity contribution in [1.29, 1.82) is 0 Å². The van der Waals surface area contributed by atoms with E-state index >= 15 is 0 Å². The van der Waals surface area contributed by atoms with Crippen molar-refractivity contribution in [3.05, 3.63) is 36.0 Å².